The molecule has 0 aliphatic carbocycles. The van der Waals surface area contributed by atoms with Gasteiger partial charge in [0.25, 0.3) is 11.8 Å². The van der Waals surface area contributed by atoms with Crippen LogP contribution in [0.2, 0.25) is 5.02 Å². The molecule has 0 aliphatic heterocycles. The predicted octanol–water partition coefficient (Wildman–Crippen LogP) is 4.72. The largest absolute Gasteiger partial charge is 0.508 e. The van der Waals surface area contributed by atoms with Crippen LogP contribution in [0.1, 0.15) is 61.6 Å². The fourth-order valence-corrected chi connectivity index (χ4v) is 4.35. The Morgan fingerprint density at radius 3 is 2.49 bits per heavy atom. The van der Waals surface area contributed by atoms with E-state index in [4.69, 9.17) is 11.6 Å². The molecule has 0 radical (unpaired) electrons. The highest BCUT2D eigenvalue weighted by Gasteiger charge is 2.19. The molecule has 0 aliphatic rings. The van der Waals surface area contributed by atoms with Gasteiger partial charge >= 0.3 is 5.97 Å². The molecule has 1 heterocycles. The van der Waals surface area contributed by atoms with Crippen molar-refractivity contribution in [3.8, 4) is 5.75 Å². The highest BCUT2D eigenvalue weighted by Crippen LogP contribution is 2.26. The number of halogens is 1. The summed E-state index contributed by atoms with van der Waals surface area (Å²) in [5.74, 6) is -2.17. The van der Waals surface area contributed by atoms with Gasteiger partial charge in [0.15, 0.2) is 0 Å². The van der Waals surface area contributed by atoms with Gasteiger partial charge in [-0.3, -0.25) is 9.59 Å². The third kappa shape index (κ3) is 6.68. The van der Waals surface area contributed by atoms with Gasteiger partial charge in [0.05, 0.1) is 26.2 Å². The van der Waals surface area contributed by atoms with E-state index in [1.807, 2.05) is 13.8 Å². The Bertz CT molecular complexity index is 1320. The second kappa shape index (κ2) is 11.2. The molecule has 0 bridgehead atoms. The van der Waals surface area contributed by atoms with Crippen LogP contribution in [0.4, 0.5) is 0 Å². The summed E-state index contributed by atoms with van der Waals surface area (Å²) in [6, 6.07) is 10.6. The number of thiazole rings is 1. The van der Waals surface area contributed by atoms with Crippen LogP contribution < -0.4 is 10.6 Å². The molecule has 8 nitrogen and oxygen atoms in total. The number of rotatable bonds is 8. The summed E-state index contributed by atoms with van der Waals surface area (Å²) in [4.78, 5) is 42.1. The molecule has 10 heteroatoms. The Labute approximate surface area is 211 Å². The van der Waals surface area contributed by atoms with Crippen molar-refractivity contribution in [3.63, 3.8) is 0 Å². The highest BCUT2D eigenvalue weighted by atomic mass is 35.5. The van der Waals surface area contributed by atoms with Gasteiger partial charge in [-0.2, -0.15) is 0 Å². The number of hydrogen-bond acceptors (Lipinski definition) is 6. The summed E-state index contributed by atoms with van der Waals surface area (Å²) in [6.07, 6.45) is 1.37. The van der Waals surface area contributed by atoms with Crippen molar-refractivity contribution in [2.75, 3.05) is 0 Å². The lowest BCUT2D eigenvalue weighted by Gasteiger charge is -2.10. The highest BCUT2D eigenvalue weighted by molar-refractivity contribution is 7.12. The summed E-state index contributed by atoms with van der Waals surface area (Å²) in [7, 11) is 0. The fraction of sp³-hybridized carbons (Fsp3) is 0.200. The first kappa shape index (κ1) is 25.9. The third-order valence-electron chi connectivity index (χ3n) is 4.94. The van der Waals surface area contributed by atoms with E-state index in [2.05, 4.69) is 15.6 Å². The average molecular weight is 514 g/mol. The van der Waals surface area contributed by atoms with Gasteiger partial charge in [-0.25, -0.2) is 9.78 Å². The van der Waals surface area contributed by atoms with Crippen LogP contribution in [-0.4, -0.2) is 33.0 Å². The molecule has 35 heavy (non-hydrogen) atoms. The van der Waals surface area contributed by atoms with Crippen molar-refractivity contribution in [3.05, 3.63) is 85.5 Å². The minimum Gasteiger partial charge on any atom is -0.508 e. The number of phenolic OH excluding ortho intramolecular Hbond substituents is 1. The predicted molar refractivity (Wildman–Crippen MR) is 135 cm³/mol. The maximum atomic E-state index is 12.8. The zero-order chi connectivity index (χ0) is 25.7. The van der Waals surface area contributed by atoms with Gasteiger partial charge in [-0.05, 0) is 48.9 Å². The number of aliphatic carboxylic acids is 1. The molecule has 0 spiro atoms. The average Bonchev–Trinajstić information content (AvgIpc) is 3.17. The molecule has 0 saturated heterocycles. The summed E-state index contributed by atoms with van der Waals surface area (Å²) < 4.78 is 0. The lowest BCUT2D eigenvalue weighted by molar-refractivity contribution is -0.132. The molecule has 0 saturated carbocycles. The minimum atomic E-state index is -1.31. The Morgan fingerprint density at radius 2 is 1.89 bits per heavy atom. The number of carboxylic acids is 1. The van der Waals surface area contributed by atoms with E-state index in [-0.39, 0.29) is 40.1 Å². The maximum Gasteiger partial charge on any atom is 0.352 e. The van der Waals surface area contributed by atoms with Crippen LogP contribution in [0.5, 0.6) is 5.75 Å². The molecule has 0 atom stereocenters. The van der Waals surface area contributed by atoms with E-state index in [0.717, 1.165) is 5.01 Å². The molecule has 182 valence electrons. The molecule has 2 amide bonds. The SMILES string of the molecule is Cc1nc(C(C)C)sc1C=C(NC(=O)c1ccc(C(=O)NCc2cccc(O)c2)cc1Cl)C(=O)O. The number of aromatic hydroxyl groups is 1. The number of amides is 2. The van der Waals surface area contributed by atoms with Crippen molar-refractivity contribution < 1.29 is 24.6 Å². The molecular formula is C25H24ClN3O5S. The number of aromatic nitrogens is 1. The summed E-state index contributed by atoms with van der Waals surface area (Å²) in [6.45, 7) is 5.94. The number of benzene rings is 2. The standard InChI is InChI=1S/C25H24ClN3O5S/c1-13(2)24-28-14(3)21(35-24)11-20(25(33)34)29-23(32)18-8-7-16(10-19(18)26)22(31)27-12-15-5-4-6-17(30)9-15/h4-11,13,30H,12H2,1-3H3,(H,27,31)(H,29,32)(H,33,34). The maximum absolute atomic E-state index is 12.8. The van der Waals surface area contributed by atoms with Crippen molar-refractivity contribution in [1.82, 2.24) is 15.6 Å². The molecule has 3 rings (SSSR count). The number of phenols is 1. The van der Waals surface area contributed by atoms with E-state index < -0.39 is 17.8 Å². The quantitative estimate of drug-likeness (QED) is 0.323. The zero-order valence-corrected chi connectivity index (χ0v) is 20.8. The van der Waals surface area contributed by atoms with Crippen LogP contribution in [-0.2, 0) is 11.3 Å². The van der Waals surface area contributed by atoms with Crippen molar-refractivity contribution in [1.29, 1.82) is 0 Å². The summed E-state index contributed by atoms with van der Waals surface area (Å²) >= 11 is 7.61. The number of aryl methyl sites for hydroxylation is 1. The Balaban J connectivity index is 1.73. The first-order chi connectivity index (χ1) is 16.5. The molecule has 0 fully saturated rings. The topological polar surface area (TPSA) is 129 Å². The number of nitrogens with one attached hydrogen (secondary N) is 2. The number of carbonyl (C=O) groups excluding carboxylic acids is 2. The second-order valence-corrected chi connectivity index (χ2v) is 9.49. The number of carboxylic acid groups (broad SMARTS) is 1. The van der Waals surface area contributed by atoms with E-state index in [0.29, 0.717) is 16.1 Å². The van der Waals surface area contributed by atoms with Gasteiger partial charge < -0.3 is 20.8 Å². The first-order valence-electron chi connectivity index (χ1n) is 10.6. The van der Waals surface area contributed by atoms with Gasteiger partial charge in [-0.1, -0.05) is 37.6 Å². The Hall–Kier alpha value is -3.69. The van der Waals surface area contributed by atoms with Crippen molar-refractivity contribution in [2.24, 2.45) is 0 Å². The van der Waals surface area contributed by atoms with Gasteiger partial charge in [0.2, 0.25) is 0 Å². The van der Waals surface area contributed by atoms with E-state index >= 15 is 0 Å². The first-order valence-corrected chi connectivity index (χ1v) is 11.8. The van der Waals surface area contributed by atoms with E-state index in [1.54, 1.807) is 19.1 Å². The monoisotopic (exact) mass is 513 g/mol. The van der Waals surface area contributed by atoms with Crippen LogP contribution >= 0.6 is 22.9 Å². The van der Waals surface area contributed by atoms with E-state index in [1.165, 1.54) is 47.7 Å². The van der Waals surface area contributed by atoms with Gasteiger partial charge in [0.1, 0.15) is 11.4 Å². The van der Waals surface area contributed by atoms with Crippen LogP contribution in [0.15, 0.2) is 48.2 Å². The van der Waals surface area contributed by atoms with Crippen molar-refractivity contribution in [2.45, 2.75) is 33.2 Å². The molecule has 4 N–H and O–H groups in total. The van der Waals surface area contributed by atoms with E-state index in [9.17, 15) is 24.6 Å². The molecule has 1 aromatic heterocycles. The second-order valence-electron chi connectivity index (χ2n) is 8.02. The number of hydrogen-bond donors (Lipinski definition) is 4. The van der Waals surface area contributed by atoms with Gasteiger partial charge in [0, 0.05) is 18.0 Å². The summed E-state index contributed by atoms with van der Waals surface area (Å²) in [5.41, 5.74) is 1.31. The number of nitrogens with zero attached hydrogens (tertiary/aromatic N) is 1. The Morgan fingerprint density at radius 1 is 1.14 bits per heavy atom. The summed E-state index contributed by atoms with van der Waals surface area (Å²) in [5, 5.41) is 25.1. The molecule has 2 aromatic carbocycles. The molecular weight excluding hydrogens is 490 g/mol. The van der Waals surface area contributed by atoms with Gasteiger partial charge in [-0.15, -0.1) is 11.3 Å². The Kier molecular flexibility index (Phi) is 8.26. The van der Waals surface area contributed by atoms with Crippen molar-refractivity contribution >= 4 is 46.8 Å². The van der Waals surface area contributed by atoms with Crippen LogP contribution in [0.3, 0.4) is 0 Å². The van der Waals surface area contributed by atoms with Crippen LogP contribution in [0.25, 0.3) is 6.08 Å². The number of carbonyl (C=O) groups is 3. The normalized spacial score (nSPS) is 11.4. The fourth-order valence-electron chi connectivity index (χ4n) is 3.07. The smallest absolute Gasteiger partial charge is 0.352 e. The van der Waals surface area contributed by atoms with Crippen LogP contribution in [0, 0.1) is 6.92 Å². The minimum absolute atomic E-state index is 0.00620. The lowest BCUT2D eigenvalue weighted by atomic mass is 10.1. The molecule has 3 aromatic rings. The lowest BCUT2D eigenvalue weighted by Crippen LogP contribution is -2.28. The molecule has 0 unspecified atom stereocenters. The zero-order valence-electron chi connectivity index (χ0n) is 19.3. The third-order valence-corrected chi connectivity index (χ3v) is 6.65.